The van der Waals surface area contributed by atoms with Crippen molar-refractivity contribution in [3.63, 3.8) is 0 Å². The van der Waals surface area contributed by atoms with Gasteiger partial charge in [0.25, 0.3) is 0 Å². The van der Waals surface area contributed by atoms with Crippen LogP contribution in [-0.4, -0.2) is 17.7 Å². The number of aromatic nitrogens is 1. The molecule has 0 radical (unpaired) electrons. The monoisotopic (exact) mass is 429 g/mol. The Labute approximate surface area is 186 Å². The van der Waals surface area contributed by atoms with Gasteiger partial charge in [-0.05, 0) is 61.7 Å². The number of H-pyrrole nitrogens is 1. The molecule has 2 aromatic carbocycles. The van der Waals surface area contributed by atoms with Gasteiger partial charge in [0.05, 0.1) is 17.4 Å². The summed E-state index contributed by atoms with van der Waals surface area (Å²) in [7, 11) is 0. The molecule has 0 bridgehead atoms. The maximum atomic E-state index is 11.9. The lowest BCUT2D eigenvalue weighted by atomic mass is 10.1. The number of amides is 1. The topological polar surface area (TPSA) is 127 Å². The van der Waals surface area contributed by atoms with E-state index in [-0.39, 0.29) is 5.96 Å². The molecule has 1 aromatic heterocycles. The van der Waals surface area contributed by atoms with Gasteiger partial charge in [0.1, 0.15) is 11.7 Å². The number of hydrogen-bond donors (Lipinski definition) is 3. The van der Waals surface area contributed by atoms with Crippen LogP contribution in [0.15, 0.2) is 71.9 Å². The fourth-order valence-electron chi connectivity index (χ4n) is 2.82. The molecule has 0 aliphatic rings. The van der Waals surface area contributed by atoms with Crippen LogP contribution >= 0.6 is 0 Å². The molecule has 1 heterocycles. The van der Waals surface area contributed by atoms with E-state index in [9.17, 15) is 4.79 Å². The average Bonchev–Trinajstić information content (AvgIpc) is 2.74. The Kier molecular flexibility index (Phi) is 6.71. The molecular formula is C24H25N6O2+. The van der Waals surface area contributed by atoms with Gasteiger partial charge in [0, 0.05) is 17.3 Å². The Morgan fingerprint density at radius 3 is 2.34 bits per heavy atom. The zero-order valence-electron chi connectivity index (χ0n) is 18.1. The maximum absolute atomic E-state index is 11.9. The number of benzene rings is 2. The SMILES string of the molecule is CC(C)(C)OC(=O)Nc1ccc(-c2ccc(N=C(N)Nc3ccccc3C#N)[nH+]c2)cc1. The molecule has 3 rings (SSSR count). The van der Waals surface area contributed by atoms with Crippen LogP contribution in [0.25, 0.3) is 11.1 Å². The molecule has 0 unspecified atom stereocenters. The second-order valence-corrected chi connectivity index (χ2v) is 7.95. The number of anilines is 2. The smallest absolute Gasteiger partial charge is 0.412 e. The molecule has 162 valence electrons. The van der Waals surface area contributed by atoms with Gasteiger partial charge in [-0.25, -0.2) is 9.78 Å². The number of hydrogen-bond acceptors (Lipinski definition) is 4. The summed E-state index contributed by atoms with van der Waals surface area (Å²) in [5.74, 6) is 0.714. The summed E-state index contributed by atoms with van der Waals surface area (Å²) in [5.41, 5.74) is 9.03. The second-order valence-electron chi connectivity index (χ2n) is 7.95. The number of nitrogens with one attached hydrogen (secondary N) is 3. The molecule has 5 N–H and O–H groups in total. The van der Waals surface area contributed by atoms with Crippen molar-refractivity contribution in [3.8, 4) is 17.2 Å². The third kappa shape index (κ3) is 6.31. The Balaban J connectivity index is 1.66. The standard InChI is InChI=1S/C24H24N6O2/c1-24(2,3)32-23(31)28-19-11-8-16(9-12-19)18-10-13-21(27-15-18)30-22(26)29-20-7-5-4-6-17(20)14-25/h4-13,15H,1-3H3,(H,28,31)(H3,26,27,29,30)/p+1. The zero-order valence-corrected chi connectivity index (χ0v) is 18.1. The molecule has 3 aromatic rings. The van der Waals surface area contributed by atoms with Crippen LogP contribution in [0.1, 0.15) is 26.3 Å². The van der Waals surface area contributed by atoms with Gasteiger partial charge in [-0.1, -0.05) is 24.3 Å². The highest BCUT2D eigenvalue weighted by atomic mass is 16.6. The molecule has 8 heteroatoms. The molecule has 0 atom stereocenters. The first-order valence-electron chi connectivity index (χ1n) is 9.96. The summed E-state index contributed by atoms with van der Waals surface area (Å²) in [6.07, 6.45) is 1.32. The minimum absolute atomic E-state index is 0.161. The van der Waals surface area contributed by atoms with Crippen molar-refractivity contribution in [1.82, 2.24) is 0 Å². The third-order valence-corrected chi connectivity index (χ3v) is 4.21. The fraction of sp³-hybridized carbons (Fsp3) is 0.167. The summed E-state index contributed by atoms with van der Waals surface area (Å²) in [6.45, 7) is 5.44. The van der Waals surface area contributed by atoms with Crippen molar-refractivity contribution < 1.29 is 14.5 Å². The predicted molar refractivity (Wildman–Crippen MR) is 124 cm³/mol. The number of carbonyl (C=O) groups excluding carboxylic acids is 1. The predicted octanol–water partition coefficient (Wildman–Crippen LogP) is 4.44. The van der Waals surface area contributed by atoms with Crippen LogP contribution in [0.4, 0.5) is 22.0 Å². The summed E-state index contributed by atoms with van der Waals surface area (Å²) >= 11 is 0. The van der Waals surface area contributed by atoms with Crippen molar-refractivity contribution in [2.75, 3.05) is 10.6 Å². The van der Waals surface area contributed by atoms with Gasteiger partial charge >= 0.3 is 17.9 Å². The Morgan fingerprint density at radius 2 is 1.72 bits per heavy atom. The first kappa shape index (κ1) is 22.3. The molecule has 32 heavy (non-hydrogen) atoms. The summed E-state index contributed by atoms with van der Waals surface area (Å²) in [5, 5.41) is 14.8. The number of para-hydroxylation sites is 1. The first-order chi connectivity index (χ1) is 15.2. The van der Waals surface area contributed by atoms with Gasteiger partial charge in [0.15, 0.2) is 0 Å². The van der Waals surface area contributed by atoms with Gasteiger partial charge in [-0.3, -0.25) is 5.32 Å². The van der Waals surface area contributed by atoms with E-state index in [2.05, 4.69) is 26.7 Å². The van der Waals surface area contributed by atoms with Gasteiger partial charge in [-0.15, -0.1) is 0 Å². The number of pyridine rings is 1. The summed E-state index contributed by atoms with van der Waals surface area (Å²) < 4.78 is 5.25. The lowest BCUT2D eigenvalue weighted by molar-refractivity contribution is -0.361. The highest BCUT2D eigenvalue weighted by molar-refractivity contribution is 5.94. The van der Waals surface area contributed by atoms with E-state index in [1.807, 2.05) is 51.2 Å². The van der Waals surface area contributed by atoms with Crippen molar-refractivity contribution in [1.29, 1.82) is 5.26 Å². The van der Waals surface area contributed by atoms with Crippen LogP contribution < -0.4 is 21.4 Å². The summed E-state index contributed by atoms with van der Waals surface area (Å²) in [6, 6.07) is 20.3. The Morgan fingerprint density at radius 1 is 1.03 bits per heavy atom. The van der Waals surface area contributed by atoms with Gasteiger partial charge in [0.2, 0.25) is 0 Å². The fourth-order valence-corrected chi connectivity index (χ4v) is 2.82. The number of nitriles is 1. The minimum atomic E-state index is -0.553. The minimum Gasteiger partial charge on any atom is -0.444 e. The molecule has 0 saturated carbocycles. The lowest BCUT2D eigenvalue weighted by Crippen LogP contribution is -2.27. The second kappa shape index (κ2) is 9.62. The largest absolute Gasteiger partial charge is 0.444 e. The van der Waals surface area contributed by atoms with Crippen molar-refractivity contribution in [2.45, 2.75) is 26.4 Å². The van der Waals surface area contributed by atoms with Crippen LogP contribution in [0.5, 0.6) is 0 Å². The third-order valence-electron chi connectivity index (χ3n) is 4.21. The van der Waals surface area contributed by atoms with Crippen molar-refractivity contribution in [3.05, 3.63) is 72.4 Å². The van der Waals surface area contributed by atoms with E-state index in [1.54, 1.807) is 36.4 Å². The maximum Gasteiger partial charge on any atom is 0.412 e. The number of carbonyl (C=O) groups is 1. The van der Waals surface area contributed by atoms with E-state index in [0.29, 0.717) is 22.8 Å². The average molecular weight is 430 g/mol. The van der Waals surface area contributed by atoms with Crippen LogP contribution in [0, 0.1) is 11.3 Å². The molecule has 1 amide bonds. The molecule has 0 fully saturated rings. The number of nitrogens with zero attached hydrogens (tertiary/aromatic N) is 2. The summed E-state index contributed by atoms with van der Waals surface area (Å²) in [4.78, 5) is 19.3. The molecule has 0 saturated heterocycles. The number of aromatic amines is 1. The van der Waals surface area contributed by atoms with Gasteiger partial charge in [-0.2, -0.15) is 5.26 Å². The molecule has 0 aliphatic heterocycles. The molecule has 8 nitrogen and oxygen atoms in total. The Bertz CT molecular complexity index is 1160. The van der Waals surface area contributed by atoms with Crippen LogP contribution in [0.3, 0.4) is 0 Å². The zero-order chi connectivity index (χ0) is 23.1. The van der Waals surface area contributed by atoms with Gasteiger partial charge < -0.3 is 15.8 Å². The molecular weight excluding hydrogens is 404 g/mol. The van der Waals surface area contributed by atoms with E-state index >= 15 is 0 Å². The number of nitrogens with two attached hydrogens (primary N) is 1. The molecule has 0 spiro atoms. The van der Waals surface area contributed by atoms with E-state index in [0.717, 1.165) is 11.1 Å². The number of rotatable bonds is 4. The first-order valence-corrected chi connectivity index (χ1v) is 9.96. The van der Waals surface area contributed by atoms with Crippen LogP contribution in [0.2, 0.25) is 0 Å². The van der Waals surface area contributed by atoms with E-state index in [1.165, 1.54) is 0 Å². The highest BCUT2D eigenvalue weighted by Crippen LogP contribution is 2.22. The molecule has 0 aliphatic carbocycles. The highest BCUT2D eigenvalue weighted by Gasteiger charge is 2.16. The quantitative estimate of drug-likeness (QED) is 0.417. The van der Waals surface area contributed by atoms with Crippen LogP contribution in [-0.2, 0) is 4.74 Å². The van der Waals surface area contributed by atoms with E-state index < -0.39 is 11.7 Å². The number of aliphatic imine (C=N–C) groups is 1. The lowest BCUT2D eigenvalue weighted by Gasteiger charge is -2.19. The van der Waals surface area contributed by atoms with Crippen molar-refractivity contribution in [2.24, 2.45) is 10.7 Å². The Hall–Kier alpha value is -4.38. The van der Waals surface area contributed by atoms with E-state index in [4.69, 9.17) is 15.7 Å². The normalized spacial score (nSPS) is 11.4. The number of guanidine groups is 1. The number of ether oxygens (including phenoxy) is 1. The van der Waals surface area contributed by atoms with Crippen molar-refractivity contribution >= 4 is 29.2 Å².